The van der Waals surface area contributed by atoms with Crippen LogP contribution in [0.25, 0.3) is 0 Å². The van der Waals surface area contributed by atoms with Crippen LogP contribution in [0.1, 0.15) is 11.3 Å². The van der Waals surface area contributed by atoms with Crippen molar-refractivity contribution in [3.63, 3.8) is 0 Å². The Morgan fingerprint density at radius 1 is 1.11 bits per heavy atom. The molecule has 0 bridgehead atoms. The average molecular weight is 252 g/mol. The third kappa shape index (κ3) is 2.80. The van der Waals surface area contributed by atoms with Crippen molar-refractivity contribution < 1.29 is 13.2 Å². The zero-order chi connectivity index (χ0) is 13.1. The van der Waals surface area contributed by atoms with Crippen molar-refractivity contribution in [3.8, 4) is 0 Å². The van der Waals surface area contributed by atoms with E-state index in [9.17, 15) is 13.2 Å². The van der Waals surface area contributed by atoms with Gasteiger partial charge in [-0.3, -0.25) is 4.98 Å². The highest BCUT2D eigenvalue weighted by Crippen LogP contribution is 2.17. The Morgan fingerprint density at radius 3 is 2.33 bits per heavy atom. The van der Waals surface area contributed by atoms with Crippen LogP contribution in [0.2, 0.25) is 0 Å². The number of pyridine rings is 1. The Balaban J connectivity index is 2.08. The van der Waals surface area contributed by atoms with Gasteiger partial charge in [-0.15, -0.1) is 0 Å². The summed E-state index contributed by atoms with van der Waals surface area (Å²) in [6.45, 7) is 2.22. The summed E-state index contributed by atoms with van der Waals surface area (Å²) in [5.74, 6) is -3.88. The van der Waals surface area contributed by atoms with E-state index in [0.29, 0.717) is 6.54 Å². The highest BCUT2D eigenvalue weighted by atomic mass is 19.2. The minimum absolute atomic E-state index is 0.187. The number of nitrogens with zero attached hydrogens (tertiary/aromatic N) is 1. The molecule has 1 aromatic carbocycles. The van der Waals surface area contributed by atoms with Crippen molar-refractivity contribution in [2.24, 2.45) is 0 Å². The molecule has 0 aliphatic heterocycles. The van der Waals surface area contributed by atoms with Gasteiger partial charge in [0.05, 0.1) is 0 Å². The summed E-state index contributed by atoms with van der Waals surface area (Å²) >= 11 is 0. The molecule has 2 rings (SSSR count). The van der Waals surface area contributed by atoms with Crippen LogP contribution in [0.5, 0.6) is 0 Å². The summed E-state index contributed by atoms with van der Waals surface area (Å²) in [5.41, 5.74) is 1.94. The fourth-order valence-electron chi connectivity index (χ4n) is 1.46. The lowest BCUT2D eigenvalue weighted by Crippen LogP contribution is -2.02. The van der Waals surface area contributed by atoms with Gasteiger partial charge in [0.1, 0.15) is 0 Å². The number of hydrogen-bond donors (Lipinski definition) is 1. The Kier molecular flexibility index (Phi) is 3.50. The highest BCUT2D eigenvalue weighted by Gasteiger charge is 2.10. The summed E-state index contributed by atoms with van der Waals surface area (Å²) in [7, 11) is 0. The predicted octanol–water partition coefficient (Wildman–Crippen LogP) is 3.42. The zero-order valence-corrected chi connectivity index (χ0v) is 9.67. The number of anilines is 1. The number of hydrogen-bond acceptors (Lipinski definition) is 2. The molecular weight excluding hydrogens is 241 g/mol. The minimum Gasteiger partial charge on any atom is -0.381 e. The molecule has 0 aliphatic carbocycles. The molecule has 18 heavy (non-hydrogen) atoms. The maximum atomic E-state index is 13.0. The van der Waals surface area contributed by atoms with Crippen LogP contribution in [0, 0.1) is 24.4 Å². The van der Waals surface area contributed by atoms with Gasteiger partial charge in [0.2, 0.25) is 0 Å². The van der Waals surface area contributed by atoms with E-state index in [-0.39, 0.29) is 5.69 Å². The third-order valence-electron chi connectivity index (χ3n) is 2.45. The first-order valence-corrected chi connectivity index (χ1v) is 5.36. The van der Waals surface area contributed by atoms with Gasteiger partial charge in [-0.05, 0) is 18.6 Å². The van der Waals surface area contributed by atoms with Gasteiger partial charge in [0.25, 0.3) is 0 Å². The predicted molar refractivity (Wildman–Crippen MR) is 62.6 cm³/mol. The number of halogens is 3. The topological polar surface area (TPSA) is 24.9 Å². The van der Waals surface area contributed by atoms with Crippen LogP contribution in [0.4, 0.5) is 18.9 Å². The van der Waals surface area contributed by atoms with E-state index >= 15 is 0 Å². The molecule has 0 fully saturated rings. The molecule has 1 aromatic heterocycles. The Hall–Kier alpha value is -2.04. The van der Waals surface area contributed by atoms with Crippen molar-refractivity contribution in [1.29, 1.82) is 0 Å². The van der Waals surface area contributed by atoms with E-state index in [0.717, 1.165) is 23.4 Å². The molecule has 1 heterocycles. The fraction of sp³-hybridized carbons (Fsp3) is 0.154. The first-order valence-electron chi connectivity index (χ1n) is 5.36. The molecule has 2 aromatic rings. The van der Waals surface area contributed by atoms with Crippen LogP contribution in [0.15, 0.2) is 30.5 Å². The summed E-state index contributed by atoms with van der Waals surface area (Å²) in [6.07, 6.45) is 1.67. The molecule has 5 heteroatoms. The van der Waals surface area contributed by atoms with E-state index in [1.165, 1.54) is 0 Å². The second-order valence-corrected chi connectivity index (χ2v) is 3.92. The Bertz CT molecular complexity index is 530. The number of aromatic nitrogens is 1. The van der Waals surface area contributed by atoms with E-state index in [4.69, 9.17) is 0 Å². The van der Waals surface area contributed by atoms with Gasteiger partial charge < -0.3 is 5.32 Å². The van der Waals surface area contributed by atoms with Gasteiger partial charge in [0, 0.05) is 36.3 Å². The second-order valence-electron chi connectivity index (χ2n) is 3.92. The Morgan fingerprint density at radius 2 is 1.78 bits per heavy atom. The molecule has 0 radical (unpaired) electrons. The first-order chi connectivity index (χ1) is 8.56. The van der Waals surface area contributed by atoms with Crippen LogP contribution in [-0.2, 0) is 6.54 Å². The van der Waals surface area contributed by atoms with Crippen molar-refractivity contribution >= 4 is 5.69 Å². The lowest BCUT2D eigenvalue weighted by molar-refractivity contribution is 0.447. The van der Waals surface area contributed by atoms with E-state index < -0.39 is 17.5 Å². The number of aryl methyl sites for hydroxylation is 1. The Labute approximate surface area is 102 Å². The van der Waals surface area contributed by atoms with E-state index in [1.807, 2.05) is 19.1 Å². The van der Waals surface area contributed by atoms with Crippen molar-refractivity contribution in [2.45, 2.75) is 13.5 Å². The maximum Gasteiger partial charge on any atom is 0.194 e. The molecule has 0 aliphatic rings. The minimum atomic E-state index is -1.46. The largest absolute Gasteiger partial charge is 0.381 e. The van der Waals surface area contributed by atoms with Gasteiger partial charge in [0.15, 0.2) is 17.5 Å². The number of benzene rings is 1. The van der Waals surface area contributed by atoms with E-state index in [1.54, 1.807) is 6.20 Å². The van der Waals surface area contributed by atoms with E-state index in [2.05, 4.69) is 10.3 Å². The summed E-state index contributed by atoms with van der Waals surface area (Å²) in [6, 6.07) is 5.52. The molecule has 2 nitrogen and oxygen atoms in total. The zero-order valence-electron chi connectivity index (χ0n) is 9.67. The summed E-state index contributed by atoms with van der Waals surface area (Å²) in [5, 5.41) is 2.80. The third-order valence-corrected chi connectivity index (χ3v) is 2.45. The van der Waals surface area contributed by atoms with Crippen molar-refractivity contribution in [1.82, 2.24) is 4.98 Å². The summed E-state index contributed by atoms with van der Waals surface area (Å²) < 4.78 is 38.6. The van der Waals surface area contributed by atoms with Crippen LogP contribution in [0.3, 0.4) is 0 Å². The molecule has 0 saturated heterocycles. The molecule has 94 valence electrons. The molecule has 0 amide bonds. The second kappa shape index (κ2) is 5.08. The van der Waals surface area contributed by atoms with Crippen molar-refractivity contribution in [3.05, 3.63) is 59.2 Å². The molecule has 0 saturated carbocycles. The SMILES string of the molecule is Cc1ccc(CNc2cc(F)c(F)c(F)c2)cn1. The molecule has 0 unspecified atom stereocenters. The molecule has 1 N–H and O–H groups in total. The highest BCUT2D eigenvalue weighted by molar-refractivity contribution is 5.44. The lowest BCUT2D eigenvalue weighted by Gasteiger charge is -2.07. The first kappa shape index (κ1) is 12.4. The van der Waals surface area contributed by atoms with Crippen molar-refractivity contribution in [2.75, 3.05) is 5.32 Å². The van der Waals surface area contributed by atoms with Crippen LogP contribution in [-0.4, -0.2) is 4.98 Å². The lowest BCUT2D eigenvalue weighted by atomic mass is 10.2. The van der Waals surface area contributed by atoms with Crippen LogP contribution < -0.4 is 5.32 Å². The fourth-order valence-corrected chi connectivity index (χ4v) is 1.46. The quantitative estimate of drug-likeness (QED) is 0.847. The monoisotopic (exact) mass is 252 g/mol. The van der Waals surface area contributed by atoms with Gasteiger partial charge in [-0.25, -0.2) is 13.2 Å². The summed E-state index contributed by atoms with van der Waals surface area (Å²) in [4.78, 5) is 4.09. The van der Waals surface area contributed by atoms with Gasteiger partial charge in [-0.1, -0.05) is 6.07 Å². The molecule has 0 atom stereocenters. The molecule has 0 spiro atoms. The molecular formula is C13H11F3N2. The average Bonchev–Trinajstić information content (AvgIpc) is 2.35. The van der Waals surface area contributed by atoms with Crippen LogP contribution >= 0.6 is 0 Å². The number of rotatable bonds is 3. The van der Waals surface area contributed by atoms with Gasteiger partial charge >= 0.3 is 0 Å². The number of nitrogens with one attached hydrogen (secondary N) is 1. The standard InChI is InChI=1S/C13H11F3N2/c1-8-2-3-9(6-17-8)7-18-10-4-11(14)13(16)12(15)5-10/h2-6,18H,7H2,1H3. The maximum absolute atomic E-state index is 13.0. The van der Waals surface area contributed by atoms with Gasteiger partial charge in [-0.2, -0.15) is 0 Å². The normalized spacial score (nSPS) is 10.4. The smallest absolute Gasteiger partial charge is 0.194 e.